The second-order valence-corrected chi connectivity index (χ2v) is 5.14. The van der Waals surface area contributed by atoms with Crippen LogP contribution in [0.25, 0.3) is 0 Å². The number of hydrogen-bond donors (Lipinski definition) is 1. The number of ether oxygens (including phenoxy) is 2. The van der Waals surface area contributed by atoms with E-state index in [0.29, 0.717) is 13.2 Å². The Labute approximate surface area is 119 Å². The van der Waals surface area contributed by atoms with Gasteiger partial charge in [0, 0.05) is 6.04 Å². The Bertz CT molecular complexity index is 610. The fraction of sp³-hybridized carbons (Fsp3) is 0.294. The molecule has 2 aromatic carbocycles. The van der Waals surface area contributed by atoms with E-state index in [9.17, 15) is 0 Å². The molecule has 2 aromatic rings. The predicted molar refractivity (Wildman–Crippen MR) is 79.2 cm³/mol. The molecule has 3 heteroatoms. The molecule has 0 bridgehead atoms. The molecule has 0 fully saturated rings. The van der Waals surface area contributed by atoms with Gasteiger partial charge in [-0.05, 0) is 42.2 Å². The average Bonchev–Trinajstić information content (AvgIpc) is 2.49. The SMILES string of the molecule is Cc1ccccc1CC(N)c1ccc2c(c1)OCCO2. The highest BCUT2D eigenvalue weighted by atomic mass is 16.6. The van der Waals surface area contributed by atoms with Crippen LogP contribution in [0, 0.1) is 6.92 Å². The van der Waals surface area contributed by atoms with Crippen LogP contribution < -0.4 is 15.2 Å². The molecule has 0 radical (unpaired) electrons. The van der Waals surface area contributed by atoms with Crippen molar-refractivity contribution in [2.75, 3.05) is 13.2 Å². The Morgan fingerprint density at radius 1 is 1.05 bits per heavy atom. The summed E-state index contributed by atoms with van der Waals surface area (Å²) in [5.74, 6) is 1.61. The molecule has 3 nitrogen and oxygen atoms in total. The highest BCUT2D eigenvalue weighted by Gasteiger charge is 2.15. The number of nitrogens with two attached hydrogens (primary N) is 1. The molecule has 0 saturated heterocycles. The van der Waals surface area contributed by atoms with Crippen molar-refractivity contribution in [3.05, 3.63) is 59.2 Å². The van der Waals surface area contributed by atoms with Gasteiger partial charge in [-0.15, -0.1) is 0 Å². The zero-order valence-electron chi connectivity index (χ0n) is 11.6. The molecule has 0 aliphatic carbocycles. The maximum atomic E-state index is 6.33. The van der Waals surface area contributed by atoms with E-state index in [1.807, 2.05) is 18.2 Å². The first-order chi connectivity index (χ1) is 9.74. The summed E-state index contributed by atoms with van der Waals surface area (Å²) in [6.45, 7) is 3.33. The summed E-state index contributed by atoms with van der Waals surface area (Å²) in [5, 5.41) is 0. The van der Waals surface area contributed by atoms with Crippen LogP contribution in [-0.2, 0) is 6.42 Å². The van der Waals surface area contributed by atoms with Crippen LogP contribution in [0.2, 0.25) is 0 Å². The lowest BCUT2D eigenvalue weighted by Crippen LogP contribution is -2.17. The summed E-state index contributed by atoms with van der Waals surface area (Å²) >= 11 is 0. The average molecular weight is 269 g/mol. The quantitative estimate of drug-likeness (QED) is 0.931. The number of fused-ring (bicyclic) bond motifs is 1. The van der Waals surface area contributed by atoms with Crippen LogP contribution in [0.4, 0.5) is 0 Å². The monoisotopic (exact) mass is 269 g/mol. The second kappa shape index (κ2) is 5.55. The van der Waals surface area contributed by atoms with Gasteiger partial charge in [0.2, 0.25) is 0 Å². The summed E-state index contributed by atoms with van der Waals surface area (Å²) in [6, 6.07) is 14.3. The van der Waals surface area contributed by atoms with Crippen molar-refractivity contribution in [1.29, 1.82) is 0 Å². The van der Waals surface area contributed by atoms with E-state index in [1.165, 1.54) is 11.1 Å². The first kappa shape index (κ1) is 13.0. The van der Waals surface area contributed by atoms with Crippen LogP contribution in [-0.4, -0.2) is 13.2 Å². The van der Waals surface area contributed by atoms with E-state index in [2.05, 4.69) is 31.2 Å². The first-order valence-corrected chi connectivity index (χ1v) is 6.93. The molecular weight excluding hydrogens is 250 g/mol. The van der Waals surface area contributed by atoms with Gasteiger partial charge < -0.3 is 15.2 Å². The number of aryl methyl sites for hydroxylation is 1. The van der Waals surface area contributed by atoms with E-state index >= 15 is 0 Å². The third kappa shape index (κ3) is 2.63. The van der Waals surface area contributed by atoms with Gasteiger partial charge in [0.05, 0.1) is 0 Å². The summed E-state index contributed by atoms with van der Waals surface area (Å²) in [6.07, 6.45) is 0.826. The predicted octanol–water partition coefficient (Wildman–Crippen LogP) is 3.01. The molecule has 104 valence electrons. The Morgan fingerprint density at radius 3 is 2.60 bits per heavy atom. The van der Waals surface area contributed by atoms with E-state index in [-0.39, 0.29) is 6.04 Å². The minimum Gasteiger partial charge on any atom is -0.486 e. The van der Waals surface area contributed by atoms with Gasteiger partial charge in [-0.2, -0.15) is 0 Å². The maximum Gasteiger partial charge on any atom is 0.161 e. The topological polar surface area (TPSA) is 44.5 Å². The molecule has 1 aliphatic rings. The first-order valence-electron chi connectivity index (χ1n) is 6.93. The highest BCUT2D eigenvalue weighted by Crippen LogP contribution is 2.33. The van der Waals surface area contributed by atoms with Crippen LogP contribution in [0.3, 0.4) is 0 Å². The van der Waals surface area contributed by atoms with Crippen molar-refractivity contribution in [3.63, 3.8) is 0 Å². The van der Waals surface area contributed by atoms with Gasteiger partial charge in [-0.1, -0.05) is 30.3 Å². The van der Waals surface area contributed by atoms with Crippen LogP contribution in [0.15, 0.2) is 42.5 Å². The molecule has 3 rings (SSSR count). The lowest BCUT2D eigenvalue weighted by Gasteiger charge is -2.21. The van der Waals surface area contributed by atoms with Crippen molar-refractivity contribution >= 4 is 0 Å². The van der Waals surface area contributed by atoms with Gasteiger partial charge in [0.15, 0.2) is 11.5 Å². The highest BCUT2D eigenvalue weighted by molar-refractivity contribution is 5.45. The van der Waals surface area contributed by atoms with Gasteiger partial charge >= 0.3 is 0 Å². The largest absolute Gasteiger partial charge is 0.486 e. The fourth-order valence-electron chi connectivity index (χ4n) is 2.48. The minimum atomic E-state index is -0.0353. The summed E-state index contributed by atoms with van der Waals surface area (Å²) < 4.78 is 11.1. The number of rotatable bonds is 3. The van der Waals surface area contributed by atoms with E-state index in [1.54, 1.807) is 0 Å². The molecular formula is C17H19NO2. The molecule has 1 heterocycles. The molecule has 0 amide bonds. The van der Waals surface area contributed by atoms with E-state index in [0.717, 1.165) is 23.5 Å². The molecule has 1 unspecified atom stereocenters. The lowest BCUT2D eigenvalue weighted by molar-refractivity contribution is 0.171. The van der Waals surface area contributed by atoms with Crippen molar-refractivity contribution in [3.8, 4) is 11.5 Å². The van der Waals surface area contributed by atoms with Gasteiger partial charge in [0.1, 0.15) is 13.2 Å². The molecule has 0 aromatic heterocycles. The maximum absolute atomic E-state index is 6.33. The molecule has 1 atom stereocenters. The zero-order valence-corrected chi connectivity index (χ0v) is 11.6. The van der Waals surface area contributed by atoms with Crippen LogP contribution in [0.5, 0.6) is 11.5 Å². The Hall–Kier alpha value is -2.00. The van der Waals surface area contributed by atoms with Crippen molar-refractivity contribution in [1.82, 2.24) is 0 Å². The van der Waals surface area contributed by atoms with Crippen LogP contribution >= 0.6 is 0 Å². The smallest absolute Gasteiger partial charge is 0.161 e. The van der Waals surface area contributed by atoms with E-state index in [4.69, 9.17) is 15.2 Å². The summed E-state index contributed by atoms with van der Waals surface area (Å²) in [7, 11) is 0. The van der Waals surface area contributed by atoms with Crippen molar-refractivity contribution in [2.45, 2.75) is 19.4 Å². The summed E-state index contributed by atoms with van der Waals surface area (Å²) in [5.41, 5.74) is 9.98. The molecule has 0 spiro atoms. The summed E-state index contributed by atoms with van der Waals surface area (Å²) in [4.78, 5) is 0. The molecule has 20 heavy (non-hydrogen) atoms. The molecule has 2 N–H and O–H groups in total. The third-order valence-electron chi connectivity index (χ3n) is 3.70. The van der Waals surface area contributed by atoms with Crippen molar-refractivity contribution in [2.24, 2.45) is 5.73 Å². The molecule has 0 saturated carbocycles. The zero-order chi connectivity index (χ0) is 13.9. The molecule has 1 aliphatic heterocycles. The van der Waals surface area contributed by atoms with Gasteiger partial charge in [-0.3, -0.25) is 0 Å². The number of hydrogen-bond acceptors (Lipinski definition) is 3. The van der Waals surface area contributed by atoms with Crippen molar-refractivity contribution < 1.29 is 9.47 Å². The Morgan fingerprint density at radius 2 is 1.80 bits per heavy atom. The van der Waals surface area contributed by atoms with Crippen LogP contribution in [0.1, 0.15) is 22.7 Å². The number of benzene rings is 2. The van der Waals surface area contributed by atoms with E-state index < -0.39 is 0 Å². The van der Waals surface area contributed by atoms with Gasteiger partial charge in [-0.25, -0.2) is 0 Å². The standard InChI is InChI=1S/C17H19NO2/c1-12-4-2-3-5-13(12)10-15(18)14-6-7-16-17(11-14)20-9-8-19-16/h2-7,11,15H,8-10,18H2,1H3. The lowest BCUT2D eigenvalue weighted by atomic mass is 9.96. The second-order valence-electron chi connectivity index (χ2n) is 5.14. The Balaban J connectivity index is 1.80. The fourth-order valence-corrected chi connectivity index (χ4v) is 2.48. The third-order valence-corrected chi connectivity index (χ3v) is 3.70. The normalized spacial score (nSPS) is 14.9. The Kier molecular flexibility index (Phi) is 3.61. The minimum absolute atomic E-state index is 0.0353. The van der Waals surface area contributed by atoms with Gasteiger partial charge in [0.25, 0.3) is 0 Å².